The number of rotatable bonds is 4. The second kappa shape index (κ2) is 5.70. The van der Waals surface area contributed by atoms with Crippen LogP contribution < -0.4 is 5.46 Å². The maximum Gasteiger partial charge on any atom is 0.491 e. The maximum atomic E-state index is 13.4. The van der Waals surface area contributed by atoms with Crippen molar-refractivity contribution in [1.29, 1.82) is 0 Å². The summed E-state index contributed by atoms with van der Waals surface area (Å²) in [5.74, 6) is -0.598. The van der Waals surface area contributed by atoms with Crippen LogP contribution in [0.1, 0.15) is 27.7 Å². The minimum atomic E-state index is -1.32. The van der Waals surface area contributed by atoms with E-state index in [1.54, 1.807) is 27.7 Å². The second-order valence-electron chi connectivity index (χ2n) is 5.34. The Morgan fingerprint density at radius 3 is 2.26 bits per heavy atom. The van der Waals surface area contributed by atoms with Gasteiger partial charge in [-0.15, -0.1) is 0 Å². The van der Waals surface area contributed by atoms with Crippen LogP contribution in [0.25, 0.3) is 0 Å². The zero-order chi connectivity index (χ0) is 15.0. The topological polar surface area (TPSA) is 49.7 Å². The van der Waals surface area contributed by atoms with Gasteiger partial charge in [0, 0.05) is 0 Å². The highest BCUT2D eigenvalue weighted by Crippen LogP contribution is 2.26. The van der Waals surface area contributed by atoms with Crippen LogP contribution in [0, 0.1) is 5.82 Å². The Bertz CT molecular complexity index is 454. The Morgan fingerprint density at radius 2 is 1.84 bits per heavy atom. The summed E-state index contributed by atoms with van der Waals surface area (Å²) in [4.78, 5) is 0. The van der Waals surface area contributed by atoms with Gasteiger partial charge in [0.1, 0.15) is 0 Å². The third-order valence-electron chi connectivity index (χ3n) is 3.17. The lowest BCUT2D eigenvalue weighted by atomic mass is 9.76. The molecule has 2 N–H and O–H groups in total. The van der Waals surface area contributed by atoms with Gasteiger partial charge in [-0.3, -0.25) is 0 Å². The molecule has 7 heteroatoms. The highest BCUT2D eigenvalue weighted by atomic mass is 79.9. The average molecular weight is 353 g/mol. The zero-order valence-corrected chi connectivity index (χ0v) is 13.5. The molecule has 0 fully saturated rings. The fourth-order valence-corrected chi connectivity index (χ4v) is 2.03. The van der Waals surface area contributed by atoms with Gasteiger partial charge in [0.15, 0.2) is 5.82 Å². The molecule has 0 heterocycles. The lowest BCUT2D eigenvalue weighted by Crippen LogP contribution is -2.53. The lowest BCUT2D eigenvalue weighted by molar-refractivity contribution is -0.0982. The first-order valence-corrected chi connectivity index (χ1v) is 6.85. The molecular formula is C12H16BBrClFO3. The molecule has 0 spiro atoms. The molecule has 1 rings (SSSR count). The standard InChI is InChI=1S/C12H16BBrClFO3/c1-11(2,17)12(3,4)19-13(18)7-5-8(14)10(16)9(15)6-7/h5-6,17-18H,1-4H3. The van der Waals surface area contributed by atoms with E-state index in [1.807, 2.05) is 0 Å². The number of aliphatic hydroxyl groups is 1. The first-order chi connectivity index (χ1) is 8.45. The molecule has 0 bridgehead atoms. The van der Waals surface area contributed by atoms with Crippen molar-refractivity contribution in [2.24, 2.45) is 0 Å². The predicted octanol–water partition coefficient (Wildman–Crippen LogP) is 2.50. The molecule has 1 aromatic rings. The number of hydrogen-bond acceptors (Lipinski definition) is 3. The zero-order valence-electron chi connectivity index (χ0n) is 11.2. The van der Waals surface area contributed by atoms with Crippen LogP contribution >= 0.6 is 27.5 Å². The third kappa shape index (κ3) is 3.92. The van der Waals surface area contributed by atoms with Crippen LogP contribution in [-0.4, -0.2) is 28.5 Å². The lowest BCUT2D eigenvalue weighted by Gasteiger charge is -2.38. The van der Waals surface area contributed by atoms with Crippen LogP contribution in [0.15, 0.2) is 16.6 Å². The number of benzene rings is 1. The maximum absolute atomic E-state index is 13.4. The minimum Gasteiger partial charge on any atom is -0.423 e. The van der Waals surface area contributed by atoms with Crippen molar-refractivity contribution in [3.05, 3.63) is 27.4 Å². The van der Waals surface area contributed by atoms with E-state index in [4.69, 9.17) is 16.3 Å². The van der Waals surface area contributed by atoms with Gasteiger partial charge in [-0.1, -0.05) is 11.6 Å². The van der Waals surface area contributed by atoms with Crippen LogP contribution in [0.5, 0.6) is 0 Å². The Kier molecular flexibility index (Phi) is 5.07. The Balaban J connectivity index is 3.00. The fourth-order valence-electron chi connectivity index (χ4n) is 1.21. The summed E-state index contributed by atoms with van der Waals surface area (Å²) in [6.45, 7) is 6.45. The largest absolute Gasteiger partial charge is 0.491 e. The highest BCUT2D eigenvalue weighted by molar-refractivity contribution is 9.10. The van der Waals surface area contributed by atoms with E-state index in [0.717, 1.165) is 0 Å². The van der Waals surface area contributed by atoms with E-state index < -0.39 is 24.1 Å². The van der Waals surface area contributed by atoms with Crippen molar-refractivity contribution in [3.63, 3.8) is 0 Å². The van der Waals surface area contributed by atoms with Crippen LogP contribution in [0.3, 0.4) is 0 Å². The number of halogens is 3. The first-order valence-electron chi connectivity index (χ1n) is 5.68. The monoisotopic (exact) mass is 352 g/mol. The SMILES string of the molecule is CC(C)(O)C(C)(C)OB(O)c1cc(Cl)c(F)c(Br)c1. The summed E-state index contributed by atoms with van der Waals surface area (Å²) < 4.78 is 18.9. The van der Waals surface area contributed by atoms with Gasteiger partial charge < -0.3 is 14.8 Å². The molecule has 1 aromatic carbocycles. The summed E-state index contributed by atoms with van der Waals surface area (Å²) >= 11 is 8.71. The van der Waals surface area contributed by atoms with Crippen LogP contribution in [0.4, 0.5) is 4.39 Å². The van der Waals surface area contributed by atoms with Crippen molar-refractivity contribution in [2.45, 2.75) is 38.9 Å². The van der Waals surface area contributed by atoms with Gasteiger partial charge in [-0.25, -0.2) is 4.39 Å². The summed E-state index contributed by atoms with van der Waals surface area (Å²) in [7, 11) is -1.32. The summed E-state index contributed by atoms with van der Waals surface area (Å²) in [5, 5.41) is 19.9. The third-order valence-corrected chi connectivity index (χ3v) is 4.02. The highest BCUT2D eigenvalue weighted by Gasteiger charge is 2.39. The Morgan fingerprint density at radius 1 is 1.32 bits per heavy atom. The first kappa shape index (κ1) is 16.9. The summed E-state index contributed by atoms with van der Waals surface area (Å²) in [5.41, 5.74) is -1.86. The molecule has 0 saturated carbocycles. The number of hydrogen-bond donors (Lipinski definition) is 2. The quantitative estimate of drug-likeness (QED) is 0.646. The van der Waals surface area contributed by atoms with Crippen LogP contribution in [0.2, 0.25) is 5.02 Å². The van der Waals surface area contributed by atoms with Gasteiger partial charge in [-0.05, 0) is 61.2 Å². The van der Waals surface area contributed by atoms with Crippen molar-refractivity contribution < 1.29 is 19.2 Å². The molecule has 0 aromatic heterocycles. The van der Waals surface area contributed by atoms with Gasteiger partial charge >= 0.3 is 7.12 Å². The van der Waals surface area contributed by atoms with Crippen molar-refractivity contribution >= 4 is 40.1 Å². The smallest absolute Gasteiger partial charge is 0.423 e. The average Bonchev–Trinajstić information content (AvgIpc) is 2.22. The van der Waals surface area contributed by atoms with E-state index in [-0.39, 0.29) is 9.50 Å². The van der Waals surface area contributed by atoms with Crippen LogP contribution in [-0.2, 0) is 4.65 Å². The van der Waals surface area contributed by atoms with E-state index in [1.165, 1.54) is 12.1 Å². The molecule has 0 saturated heterocycles. The van der Waals surface area contributed by atoms with Gasteiger partial charge in [0.05, 0.1) is 20.7 Å². The van der Waals surface area contributed by atoms with E-state index in [2.05, 4.69) is 15.9 Å². The molecule has 0 aliphatic carbocycles. The molecule has 106 valence electrons. The molecule has 0 unspecified atom stereocenters. The van der Waals surface area contributed by atoms with Gasteiger partial charge in [0.25, 0.3) is 0 Å². The summed E-state index contributed by atoms with van der Waals surface area (Å²) in [6.07, 6.45) is 0. The van der Waals surface area contributed by atoms with Crippen molar-refractivity contribution in [3.8, 4) is 0 Å². The van der Waals surface area contributed by atoms with Gasteiger partial charge in [0.2, 0.25) is 0 Å². The Hall–Kier alpha value is -0.135. The molecule has 0 aliphatic heterocycles. The molecule has 0 radical (unpaired) electrons. The fraction of sp³-hybridized carbons (Fsp3) is 0.500. The second-order valence-corrected chi connectivity index (χ2v) is 6.60. The van der Waals surface area contributed by atoms with Crippen molar-refractivity contribution in [2.75, 3.05) is 0 Å². The molecule has 0 aliphatic rings. The molecule has 3 nitrogen and oxygen atoms in total. The minimum absolute atomic E-state index is 0.118. The van der Waals surface area contributed by atoms with Gasteiger partial charge in [-0.2, -0.15) is 0 Å². The van der Waals surface area contributed by atoms with E-state index >= 15 is 0 Å². The predicted molar refractivity (Wildman–Crippen MR) is 78.2 cm³/mol. The molecule has 0 amide bonds. The van der Waals surface area contributed by atoms with E-state index in [0.29, 0.717) is 5.46 Å². The molecular weight excluding hydrogens is 337 g/mol. The van der Waals surface area contributed by atoms with Crippen molar-refractivity contribution in [1.82, 2.24) is 0 Å². The normalized spacial score (nSPS) is 12.7. The Labute approximate surface area is 126 Å². The summed E-state index contributed by atoms with van der Waals surface area (Å²) in [6, 6.07) is 2.67. The molecule has 19 heavy (non-hydrogen) atoms. The van der Waals surface area contributed by atoms with E-state index in [9.17, 15) is 14.5 Å². The molecule has 0 atom stereocenters.